The van der Waals surface area contributed by atoms with Gasteiger partial charge in [-0.3, -0.25) is 9.59 Å². The number of benzene rings is 2. The van der Waals surface area contributed by atoms with E-state index >= 15 is 0 Å². The second-order valence-corrected chi connectivity index (χ2v) is 6.95. The molecule has 128 valence electrons. The Bertz CT molecular complexity index is 826. The highest BCUT2D eigenvalue weighted by Crippen LogP contribution is 2.43. The van der Waals surface area contributed by atoms with E-state index in [4.69, 9.17) is 5.73 Å². The Morgan fingerprint density at radius 2 is 1.92 bits per heavy atom. The average Bonchev–Trinajstić information content (AvgIpc) is 3.00. The Morgan fingerprint density at radius 1 is 1.16 bits per heavy atom. The highest BCUT2D eigenvalue weighted by atomic mass is 16.2. The summed E-state index contributed by atoms with van der Waals surface area (Å²) in [6.07, 6.45) is 1.64. The molecule has 1 aliphatic carbocycles. The predicted molar refractivity (Wildman–Crippen MR) is 95.3 cm³/mol. The maximum Gasteiger partial charge on any atom is 0.252 e. The maximum atomic E-state index is 12.7. The van der Waals surface area contributed by atoms with E-state index in [2.05, 4.69) is 22.8 Å². The van der Waals surface area contributed by atoms with Gasteiger partial charge >= 0.3 is 0 Å². The van der Waals surface area contributed by atoms with Crippen molar-refractivity contribution in [1.29, 1.82) is 0 Å². The van der Waals surface area contributed by atoms with E-state index in [0.29, 0.717) is 24.2 Å². The molecule has 0 atom stereocenters. The van der Waals surface area contributed by atoms with Crippen LogP contribution in [0.4, 0.5) is 0 Å². The number of nitrogens with one attached hydrogen (secondary N) is 2. The van der Waals surface area contributed by atoms with Crippen LogP contribution in [0.15, 0.2) is 48.5 Å². The summed E-state index contributed by atoms with van der Waals surface area (Å²) in [5, 5.41) is 5.84. The second-order valence-electron chi connectivity index (χ2n) is 6.95. The van der Waals surface area contributed by atoms with Gasteiger partial charge in [-0.25, -0.2) is 0 Å². The summed E-state index contributed by atoms with van der Waals surface area (Å²) >= 11 is 0. The molecule has 0 unspecified atom stereocenters. The molecule has 0 saturated heterocycles. The van der Waals surface area contributed by atoms with E-state index in [1.807, 2.05) is 30.3 Å². The topological polar surface area (TPSA) is 84.2 Å². The van der Waals surface area contributed by atoms with Crippen LogP contribution in [0, 0.1) is 0 Å². The molecule has 5 nitrogen and oxygen atoms in total. The lowest BCUT2D eigenvalue weighted by molar-refractivity contribution is 0.0856. The standard InChI is InChI=1S/C20H21N3O2/c21-12-20(14-6-2-1-3-7-14)9-15(10-20)23-18(24)16-8-4-5-13-11-22-19(25)17(13)16/h1-8,15H,9-12,21H2,(H,22,25)(H,23,24). The van der Waals surface area contributed by atoms with Crippen molar-refractivity contribution in [2.24, 2.45) is 5.73 Å². The number of carbonyl (C=O) groups is 2. The first-order valence-electron chi connectivity index (χ1n) is 8.59. The Kier molecular flexibility index (Phi) is 3.81. The molecule has 2 aliphatic rings. The van der Waals surface area contributed by atoms with Gasteiger partial charge in [-0.1, -0.05) is 42.5 Å². The summed E-state index contributed by atoms with van der Waals surface area (Å²) in [5.41, 5.74) is 9.04. The van der Waals surface area contributed by atoms with E-state index in [0.717, 1.165) is 18.4 Å². The van der Waals surface area contributed by atoms with Crippen molar-refractivity contribution in [3.63, 3.8) is 0 Å². The Hall–Kier alpha value is -2.66. The van der Waals surface area contributed by atoms with Crippen molar-refractivity contribution < 1.29 is 9.59 Å². The zero-order valence-corrected chi connectivity index (χ0v) is 13.9. The Labute approximate surface area is 146 Å². The minimum absolute atomic E-state index is 0.0603. The highest BCUT2D eigenvalue weighted by molar-refractivity contribution is 6.09. The number of rotatable bonds is 4. The lowest BCUT2D eigenvalue weighted by Crippen LogP contribution is -2.56. The molecule has 25 heavy (non-hydrogen) atoms. The fraction of sp³-hybridized carbons (Fsp3) is 0.300. The van der Waals surface area contributed by atoms with Crippen LogP contribution in [0.2, 0.25) is 0 Å². The summed E-state index contributed by atoms with van der Waals surface area (Å²) in [5.74, 6) is -0.354. The molecule has 1 aliphatic heterocycles. The first kappa shape index (κ1) is 15.8. The monoisotopic (exact) mass is 335 g/mol. The lowest BCUT2D eigenvalue weighted by Gasteiger charge is -2.48. The number of hydrogen-bond acceptors (Lipinski definition) is 3. The van der Waals surface area contributed by atoms with E-state index < -0.39 is 0 Å². The van der Waals surface area contributed by atoms with Gasteiger partial charge in [-0.2, -0.15) is 0 Å². The second kappa shape index (κ2) is 6.01. The SMILES string of the molecule is NCC1(c2ccccc2)CC(NC(=O)c2cccc3c2C(=O)NC3)C1. The third-order valence-electron chi connectivity index (χ3n) is 5.45. The van der Waals surface area contributed by atoms with Crippen LogP contribution in [-0.2, 0) is 12.0 Å². The fourth-order valence-corrected chi connectivity index (χ4v) is 4.03. The normalized spacial score (nSPS) is 24.2. The van der Waals surface area contributed by atoms with Gasteiger partial charge < -0.3 is 16.4 Å². The average molecular weight is 335 g/mol. The quantitative estimate of drug-likeness (QED) is 0.795. The first-order chi connectivity index (χ1) is 12.1. The minimum atomic E-state index is -0.183. The van der Waals surface area contributed by atoms with Crippen LogP contribution in [0.25, 0.3) is 0 Å². The summed E-state index contributed by atoms with van der Waals surface area (Å²) in [4.78, 5) is 24.7. The predicted octanol–water partition coefficient (Wildman–Crippen LogP) is 1.72. The smallest absolute Gasteiger partial charge is 0.252 e. The third kappa shape index (κ3) is 2.61. The van der Waals surface area contributed by atoms with E-state index in [1.165, 1.54) is 5.56 Å². The number of carbonyl (C=O) groups excluding carboxylic acids is 2. The molecule has 1 fully saturated rings. The molecule has 2 aromatic carbocycles. The van der Waals surface area contributed by atoms with Crippen molar-refractivity contribution in [2.45, 2.75) is 30.8 Å². The molecule has 0 aromatic heterocycles. The zero-order valence-electron chi connectivity index (χ0n) is 13.9. The van der Waals surface area contributed by atoms with Crippen molar-refractivity contribution in [2.75, 3.05) is 6.54 Å². The van der Waals surface area contributed by atoms with Crippen LogP contribution < -0.4 is 16.4 Å². The zero-order chi connectivity index (χ0) is 17.4. The lowest BCUT2D eigenvalue weighted by atomic mass is 9.61. The van der Waals surface area contributed by atoms with Crippen LogP contribution in [0.5, 0.6) is 0 Å². The van der Waals surface area contributed by atoms with Crippen molar-refractivity contribution in [3.8, 4) is 0 Å². The molecular formula is C20H21N3O2. The number of amides is 2. The van der Waals surface area contributed by atoms with Gasteiger partial charge in [-0.15, -0.1) is 0 Å². The summed E-state index contributed by atoms with van der Waals surface area (Å²) in [7, 11) is 0. The van der Waals surface area contributed by atoms with Gasteiger partial charge in [0.2, 0.25) is 0 Å². The molecule has 0 bridgehead atoms. The van der Waals surface area contributed by atoms with Crippen LogP contribution >= 0.6 is 0 Å². The van der Waals surface area contributed by atoms with Crippen molar-refractivity contribution in [1.82, 2.24) is 10.6 Å². The van der Waals surface area contributed by atoms with E-state index in [-0.39, 0.29) is 23.3 Å². The number of hydrogen-bond donors (Lipinski definition) is 3. The van der Waals surface area contributed by atoms with Gasteiger partial charge in [0, 0.05) is 24.5 Å². The molecule has 5 heteroatoms. The fourth-order valence-electron chi connectivity index (χ4n) is 4.03. The Morgan fingerprint density at radius 3 is 2.64 bits per heavy atom. The van der Waals surface area contributed by atoms with E-state index in [1.54, 1.807) is 6.07 Å². The molecular weight excluding hydrogens is 314 g/mol. The largest absolute Gasteiger partial charge is 0.349 e. The summed E-state index contributed by atoms with van der Waals surface area (Å²) in [6, 6.07) is 15.7. The van der Waals surface area contributed by atoms with Crippen LogP contribution in [0.3, 0.4) is 0 Å². The van der Waals surface area contributed by atoms with Crippen molar-refractivity contribution in [3.05, 3.63) is 70.8 Å². The molecule has 2 aromatic rings. The molecule has 1 saturated carbocycles. The van der Waals surface area contributed by atoms with Gasteiger partial charge in [0.1, 0.15) is 0 Å². The van der Waals surface area contributed by atoms with E-state index in [9.17, 15) is 9.59 Å². The summed E-state index contributed by atoms with van der Waals surface area (Å²) in [6.45, 7) is 1.05. The van der Waals surface area contributed by atoms with Crippen LogP contribution in [0.1, 0.15) is 44.7 Å². The highest BCUT2D eigenvalue weighted by Gasteiger charge is 2.45. The molecule has 4 N–H and O–H groups in total. The number of nitrogens with two attached hydrogens (primary N) is 1. The van der Waals surface area contributed by atoms with Crippen molar-refractivity contribution >= 4 is 11.8 Å². The molecule has 4 rings (SSSR count). The Balaban J connectivity index is 1.48. The third-order valence-corrected chi connectivity index (χ3v) is 5.45. The molecule has 2 amide bonds. The molecule has 1 heterocycles. The molecule has 0 spiro atoms. The molecule has 0 radical (unpaired) electrons. The van der Waals surface area contributed by atoms with Gasteiger partial charge in [0.15, 0.2) is 0 Å². The minimum Gasteiger partial charge on any atom is -0.349 e. The van der Waals surface area contributed by atoms with Gasteiger partial charge in [0.25, 0.3) is 11.8 Å². The number of fused-ring (bicyclic) bond motifs is 1. The van der Waals surface area contributed by atoms with Gasteiger partial charge in [-0.05, 0) is 30.0 Å². The summed E-state index contributed by atoms with van der Waals surface area (Å²) < 4.78 is 0. The first-order valence-corrected chi connectivity index (χ1v) is 8.59. The van der Waals surface area contributed by atoms with Gasteiger partial charge in [0.05, 0.1) is 11.1 Å². The van der Waals surface area contributed by atoms with Crippen LogP contribution in [-0.4, -0.2) is 24.4 Å². The maximum absolute atomic E-state index is 12.7.